The van der Waals surface area contributed by atoms with Gasteiger partial charge in [-0.05, 0) is 81.1 Å². The number of halogens is 3. The van der Waals surface area contributed by atoms with Gasteiger partial charge in [0, 0.05) is 29.1 Å². The van der Waals surface area contributed by atoms with Gasteiger partial charge in [0.25, 0.3) is 0 Å². The van der Waals surface area contributed by atoms with Crippen LogP contribution < -0.4 is 5.32 Å². The van der Waals surface area contributed by atoms with Crippen molar-refractivity contribution in [2.75, 3.05) is 32.8 Å². The van der Waals surface area contributed by atoms with Crippen LogP contribution in [-0.2, 0) is 16.1 Å². The zero-order chi connectivity index (χ0) is 24.8. The molecule has 0 aliphatic carbocycles. The van der Waals surface area contributed by atoms with Gasteiger partial charge in [0.1, 0.15) is 0 Å². The molecule has 2 aliphatic rings. The van der Waals surface area contributed by atoms with E-state index in [9.17, 15) is 9.59 Å². The van der Waals surface area contributed by atoms with Crippen LogP contribution in [0, 0.1) is 5.41 Å². The molecule has 9 heteroatoms. The summed E-state index contributed by atoms with van der Waals surface area (Å²) in [5, 5.41) is 3.62. The van der Waals surface area contributed by atoms with Crippen molar-refractivity contribution >= 4 is 51.9 Å². The van der Waals surface area contributed by atoms with Crippen LogP contribution >= 0.6 is 39.9 Å². The Morgan fingerprint density at radius 2 is 1.83 bits per heavy atom. The molecule has 1 spiro atoms. The molecule has 196 valence electrons. The van der Waals surface area contributed by atoms with Gasteiger partial charge in [-0.15, -0.1) is 12.4 Å². The zero-order valence-electron chi connectivity index (χ0n) is 20.6. The third-order valence-corrected chi connectivity index (χ3v) is 8.02. The number of benzene rings is 2. The van der Waals surface area contributed by atoms with Crippen molar-refractivity contribution in [1.29, 1.82) is 0 Å². The maximum absolute atomic E-state index is 13.4. The Bertz CT molecular complexity index is 1030. The van der Waals surface area contributed by atoms with Crippen molar-refractivity contribution in [2.24, 2.45) is 5.41 Å². The number of amides is 2. The van der Waals surface area contributed by atoms with Gasteiger partial charge >= 0.3 is 6.09 Å². The van der Waals surface area contributed by atoms with Crippen LogP contribution in [0.15, 0.2) is 53.0 Å². The zero-order valence-corrected chi connectivity index (χ0v) is 23.7. The van der Waals surface area contributed by atoms with E-state index in [0.29, 0.717) is 24.1 Å². The van der Waals surface area contributed by atoms with Crippen LogP contribution in [0.3, 0.4) is 0 Å². The summed E-state index contributed by atoms with van der Waals surface area (Å²) in [6, 6.07) is 15.6. The number of rotatable bonds is 8. The molecule has 2 fully saturated rings. The van der Waals surface area contributed by atoms with Crippen LogP contribution in [-0.4, -0.2) is 54.6 Å². The predicted octanol–water partition coefficient (Wildman–Crippen LogP) is 6.22. The number of nitrogens with zero attached hydrogens (tertiary/aromatic N) is 2. The number of hydrogen-bond donors (Lipinski definition) is 1. The number of likely N-dealkylation sites (tertiary alicyclic amines) is 2. The minimum atomic E-state index is -0.419. The Kier molecular flexibility index (Phi) is 10.5. The van der Waals surface area contributed by atoms with Gasteiger partial charge < -0.3 is 19.9 Å². The number of piperidine rings is 1. The highest BCUT2D eigenvalue weighted by molar-refractivity contribution is 9.10. The first kappa shape index (κ1) is 28.8. The van der Waals surface area contributed by atoms with Crippen molar-refractivity contribution < 1.29 is 14.3 Å². The molecule has 2 aromatic rings. The standard InChI is InChI=1S/C27H33BrClN3O3.ClH/c1-2-35-26(34)30-24(21-4-3-5-23(29)18-21)10-14-31-15-11-27(12-16-31)13-17-32(25(27)33)19-20-6-8-22(28)9-7-20;/h3-9,18,24H,2,10-17,19H2,1H3,(H,30,34);1H. The van der Waals surface area contributed by atoms with Crippen molar-refractivity contribution in [3.8, 4) is 0 Å². The molecule has 2 amide bonds. The molecule has 1 atom stereocenters. The number of alkyl carbamates (subject to hydrolysis) is 1. The highest BCUT2D eigenvalue weighted by atomic mass is 79.9. The fourth-order valence-electron chi connectivity index (χ4n) is 5.19. The van der Waals surface area contributed by atoms with E-state index in [1.54, 1.807) is 6.92 Å². The van der Waals surface area contributed by atoms with Crippen LogP contribution in [0.2, 0.25) is 5.02 Å². The van der Waals surface area contributed by atoms with E-state index >= 15 is 0 Å². The van der Waals surface area contributed by atoms with Gasteiger partial charge in [-0.2, -0.15) is 0 Å². The monoisotopic (exact) mass is 597 g/mol. The number of hydrogen-bond acceptors (Lipinski definition) is 4. The van der Waals surface area contributed by atoms with Crippen molar-refractivity contribution in [3.05, 3.63) is 69.2 Å². The second-order valence-corrected chi connectivity index (χ2v) is 10.8. The lowest BCUT2D eigenvalue weighted by atomic mass is 9.77. The summed E-state index contributed by atoms with van der Waals surface area (Å²) in [5.41, 5.74) is 1.91. The molecule has 0 bridgehead atoms. The van der Waals surface area contributed by atoms with Gasteiger partial charge in [0.2, 0.25) is 5.91 Å². The number of nitrogens with one attached hydrogen (secondary N) is 1. The molecule has 36 heavy (non-hydrogen) atoms. The molecule has 2 saturated heterocycles. The molecule has 0 aromatic heterocycles. The van der Waals surface area contributed by atoms with E-state index in [-0.39, 0.29) is 23.9 Å². The van der Waals surface area contributed by atoms with Gasteiger partial charge in [0.15, 0.2) is 0 Å². The largest absolute Gasteiger partial charge is 0.450 e. The molecule has 2 heterocycles. The number of ether oxygens (including phenoxy) is 1. The topological polar surface area (TPSA) is 61.9 Å². The summed E-state index contributed by atoms with van der Waals surface area (Å²) in [6.45, 7) is 6.24. The van der Waals surface area contributed by atoms with Gasteiger partial charge in [0.05, 0.1) is 18.1 Å². The Hall–Kier alpha value is -1.80. The van der Waals surface area contributed by atoms with Crippen LogP contribution in [0.25, 0.3) is 0 Å². The van der Waals surface area contributed by atoms with Gasteiger partial charge in [-0.25, -0.2) is 4.79 Å². The Labute approximate surface area is 233 Å². The highest BCUT2D eigenvalue weighted by Gasteiger charge is 2.47. The molecular formula is C27H34BrCl2N3O3. The number of carbonyl (C=O) groups excluding carboxylic acids is 2. The smallest absolute Gasteiger partial charge is 0.407 e. The van der Waals surface area contributed by atoms with E-state index < -0.39 is 6.09 Å². The van der Waals surface area contributed by atoms with Crippen molar-refractivity contribution in [1.82, 2.24) is 15.1 Å². The second-order valence-electron chi connectivity index (χ2n) is 9.49. The quantitative estimate of drug-likeness (QED) is 0.392. The maximum atomic E-state index is 13.4. The lowest BCUT2D eigenvalue weighted by Gasteiger charge is -2.38. The first-order valence-electron chi connectivity index (χ1n) is 12.3. The van der Waals surface area contributed by atoms with Gasteiger partial charge in [-0.3, -0.25) is 4.79 Å². The van der Waals surface area contributed by atoms with Crippen LogP contribution in [0.5, 0.6) is 0 Å². The molecule has 0 radical (unpaired) electrons. The Balaban J connectivity index is 0.00000361. The third kappa shape index (κ3) is 7.15. The minimum Gasteiger partial charge on any atom is -0.450 e. The Morgan fingerprint density at radius 1 is 1.14 bits per heavy atom. The SMILES string of the molecule is CCOC(=O)NC(CCN1CCC2(CC1)CCN(Cc1ccc(Br)cc1)C2=O)c1cccc(Cl)c1.Cl. The molecule has 1 N–H and O–H groups in total. The van der Waals surface area contributed by atoms with Crippen LogP contribution in [0.4, 0.5) is 4.79 Å². The van der Waals surface area contributed by atoms with Crippen molar-refractivity contribution in [3.63, 3.8) is 0 Å². The third-order valence-electron chi connectivity index (χ3n) is 7.25. The first-order valence-corrected chi connectivity index (χ1v) is 13.5. The average molecular weight is 599 g/mol. The fraction of sp³-hybridized carbons (Fsp3) is 0.481. The second kappa shape index (κ2) is 13.1. The molecule has 1 unspecified atom stereocenters. The van der Waals surface area contributed by atoms with Gasteiger partial charge in [-0.1, -0.05) is 51.8 Å². The summed E-state index contributed by atoms with van der Waals surface area (Å²) >= 11 is 9.67. The van der Waals surface area contributed by atoms with E-state index in [2.05, 4.69) is 38.3 Å². The van der Waals surface area contributed by atoms with Crippen LogP contribution in [0.1, 0.15) is 49.8 Å². The van der Waals surface area contributed by atoms with E-state index in [0.717, 1.165) is 67.5 Å². The lowest BCUT2D eigenvalue weighted by molar-refractivity contribution is -0.138. The normalized spacial score (nSPS) is 18.1. The lowest BCUT2D eigenvalue weighted by Crippen LogP contribution is -2.45. The summed E-state index contributed by atoms with van der Waals surface area (Å²) in [6.07, 6.45) is 3.03. The molecular weight excluding hydrogens is 565 g/mol. The molecule has 2 aliphatic heterocycles. The molecule has 2 aromatic carbocycles. The summed E-state index contributed by atoms with van der Waals surface area (Å²) in [7, 11) is 0. The Morgan fingerprint density at radius 3 is 2.50 bits per heavy atom. The molecule has 0 saturated carbocycles. The number of carbonyl (C=O) groups is 2. The summed E-state index contributed by atoms with van der Waals surface area (Å²) in [4.78, 5) is 29.9. The fourth-order valence-corrected chi connectivity index (χ4v) is 5.66. The molecule has 4 rings (SSSR count). The van der Waals surface area contributed by atoms with E-state index in [4.69, 9.17) is 16.3 Å². The highest BCUT2D eigenvalue weighted by Crippen LogP contribution is 2.42. The minimum absolute atomic E-state index is 0. The first-order chi connectivity index (χ1) is 16.9. The predicted molar refractivity (Wildman–Crippen MR) is 148 cm³/mol. The summed E-state index contributed by atoms with van der Waals surface area (Å²) < 4.78 is 6.16. The maximum Gasteiger partial charge on any atom is 0.407 e. The van der Waals surface area contributed by atoms with E-state index in [1.165, 1.54) is 0 Å². The molecule has 6 nitrogen and oxygen atoms in total. The van der Waals surface area contributed by atoms with Crippen molar-refractivity contribution in [2.45, 2.75) is 45.2 Å². The van der Waals surface area contributed by atoms with E-state index in [1.807, 2.05) is 41.3 Å². The average Bonchev–Trinajstić information content (AvgIpc) is 3.14. The summed E-state index contributed by atoms with van der Waals surface area (Å²) in [5.74, 6) is 0.306.